The zero-order valence-electron chi connectivity index (χ0n) is 18.5. The zero-order valence-corrected chi connectivity index (χ0v) is 19.3. The van der Waals surface area contributed by atoms with E-state index < -0.39 is 29.1 Å². The van der Waals surface area contributed by atoms with Gasteiger partial charge < -0.3 is 15.0 Å². The molecule has 1 heterocycles. The van der Waals surface area contributed by atoms with Crippen LogP contribution < -0.4 is 10.6 Å². The molecule has 0 aliphatic carbocycles. The highest BCUT2D eigenvalue weighted by atomic mass is 32.2. The number of fused-ring (bicyclic) bond motifs is 1. The van der Waals surface area contributed by atoms with Crippen molar-refractivity contribution in [3.05, 3.63) is 84.6 Å². The highest BCUT2D eigenvalue weighted by Crippen LogP contribution is 2.20. The molecule has 3 aromatic rings. The van der Waals surface area contributed by atoms with E-state index in [0.717, 1.165) is 16.8 Å². The van der Waals surface area contributed by atoms with Gasteiger partial charge in [0.1, 0.15) is 11.8 Å². The maximum atomic E-state index is 13.8. The standard InChI is InChI=1S/C24H24F2N4O3S/c1-3-7-21(30(2)23(31)28-14-18-10-6-11-19(25)22(18)26)34-15-33-24(32)29-20-12-16-8-4-5-9-17(16)13-27-20/h3-6,8-13,21H,1,7,14-15H2,2H3,(H,28,31)(H,27,29,32)/t21-/m1/s1. The molecule has 2 aromatic carbocycles. The number of rotatable bonds is 9. The predicted molar refractivity (Wildman–Crippen MR) is 129 cm³/mol. The summed E-state index contributed by atoms with van der Waals surface area (Å²) in [5.74, 6) is -1.65. The van der Waals surface area contributed by atoms with E-state index in [0.29, 0.717) is 12.2 Å². The first kappa shape index (κ1) is 25.0. The van der Waals surface area contributed by atoms with Crippen molar-refractivity contribution < 1.29 is 23.1 Å². The number of carbonyl (C=O) groups is 2. The van der Waals surface area contributed by atoms with Gasteiger partial charge in [-0.3, -0.25) is 5.32 Å². The third kappa shape index (κ3) is 6.67. The summed E-state index contributed by atoms with van der Waals surface area (Å²) < 4.78 is 32.3. The number of benzene rings is 2. The van der Waals surface area contributed by atoms with E-state index in [1.807, 2.05) is 24.3 Å². The Bertz CT molecular complexity index is 1180. The number of nitrogens with zero attached hydrogens (tertiary/aromatic N) is 2. The summed E-state index contributed by atoms with van der Waals surface area (Å²) in [6.45, 7) is 3.52. The summed E-state index contributed by atoms with van der Waals surface area (Å²) in [6.07, 6.45) is 3.02. The van der Waals surface area contributed by atoms with Crippen molar-refractivity contribution in [3.63, 3.8) is 0 Å². The Balaban J connectivity index is 1.49. The van der Waals surface area contributed by atoms with Crippen LogP contribution in [0.15, 0.2) is 67.4 Å². The summed E-state index contributed by atoms with van der Waals surface area (Å²) in [5, 5.41) is 6.61. The Hall–Kier alpha value is -3.66. The van der Waals surface area contributed by atoms with E-state index >= 15 is 0 Å². The van der Waals surface area contributed by atoms with Crippen LogP contribution in [0.5, 0.6) is 0 Å². The minimum Gasteiger partial charge on any atom is -0.438 e. The van der Waals surface area contributed by atoms with Gasteiger partial charge in [-0.25, -0.2) is 23.4 Å². The molecule has 0 aliphatic rings. The van der Waals surface area contributed by atoms with Crippen LogP contribution in [-0.2, 0) is 11.3 Å². The molecule has 0 radical (unpaired) electrons. The van der Waals surface area contributed by atoms with Crippen molar-refractivity contribution >= 4 is 40.5 Å². The SMILES string of the molecule is C=CC[C@@H](SCOC(=O)Nc1cc2ccccc2cn1)N(C)C(=O)NCc1cccc(F)c1F. The second-order valence-electron chi connectivity index (χ2n) is 7.22. The van der Waals surface area contributed by atoms with Gasteiger partial charge in [0.05, 0.1) is 5.37 Å². The molecule has 0 spiro atoms. The van der Waals surface area contributed by atoms with E-state index in [-0.39, 0.29) is 18.0 Å². The van der Waals surface area contributed by atoms with Crippen molar-refractivity contribution in [1.29, 1.82) is 0 Å². The number of halogens is 2. The molecule has 0 unspecified atom stereocenters. The van der Waals surface area contributed by atoms with Gasteiger partial charge in [-0.15, -0.1) is 6.58 Å². The molecule has 3 amide bonds. The smallest absolute Gasteiger partial charge is 0.413 e. The molecule has 10 heteroatoms. The first-order valence-electron chi connectivity index (χ1n) is 10.3. The first-order valence-corrected chi connectivity index (χ1v) is 11.4. The number of ether oxygens (including phenoxy) is 1. The molecule has 178 valence electrons. The summed E-state index contributed by atoms with van der Waals surface area (Å²) in [5.41, 5.74) is 0.0389. The van der Waals surface area contributed by atoms with Gasteiger partial charge in [-0.2, -0.15) is 0 Å². The molecule has 0 bridgehead atoms. The summed E-state index contributed by atoms with van der Waals surface area (Å²) >= 11 is 1.21. The molecule has 0 saturated heterocycles. The average Bonchev–Trinajstić information content (AvgIpc) is 2.83. The number of urea groups is 1. The number of amides is 3. The second-order valence-corrected chi connectivity index (χ2v) is 8.33. The fourth-order valence-electron chi connectivity index (χ4n) is 3.05. The lowest BCUT2D eigenvalue weighted by Crippen LogP contribution is -2.42. The number of aromatic nitrogens is 1. The van der Waals surface area contributed by atoms with Crippen LogP contribution in [-0.4, -0.2) is 40.4 Å². The maximum absolute atomic E-state index is 13.8. The number of hydrogen-bond acceptors (Lipinski definition) is 5. The van der Waals surface area contributed by atoms with Gasteiger partial charge >= 0.3 is 12.1 Å². The molecular weight excluding hydrogens is 462 g/mol. The second kappa shape index (κ2) is 12.0. The largest absolute Gasteiger partial charge is 0.438 e. The summed E-state index contributed by atoms with van der Waals surface area (Å²) in [4.78, 5) is 30.2. The topological polar surface area (TPSA) is 83.6 Å². The van der Waals surface area contributed by atoms with E-state index in [9.17, 15) is 18.4 Å². The number of anilines is 1. The van der Waals surface area contributed by atoms with Crippen LogP contribution in [0.25, 0.3) is 10.8 Å². The molecule has 3 rings (SSSR count). The molecule has 7 nitrogen and oxygen atoms in total. The van der Waals surface area contributed by atoms with Crippen molar-refractivity contribution in [2.45, 2.75) is 18.3 Å². The normalized spacial score (nSPS) is 11.5. The lowest BCUT2D eigenvalue weighted by molar-refractivity contribution is 0.181. The van der Waals surface area contributed by atoms with Crippen LogP contribution in [0.3, 0.4) is 0 Å². The van der Waals surface area contributed by atoms with Gasteiger partial charge in [-0.05, 0) is 23.9 Å². The highest BCUT2D eigenvalue weighted by molar-refractivity contribution is 7.99. The maximum Gasteiger partial charge on any atom is 0.413 e. The number of nitrogens with one attached hydrogen (secondary N) is 2. The van der Waals surface area contributed by atoms with Gasteiger partial charge in [0.2, 0.25) is 0 Å². The van der Waals surface area contributed by atoms with Crippen LogP contribution in [0, 0.1) is 11.6 Å². The third-order valence-electron chi connectivity index (χ3n) is 4.89. The minimum atomic E-state index is -0.997. The minimum absolute atomic E-state index is 0.0337. The summed E-state index contributed by atoms with van der Waals surface area (Å²) in [7, 11) is 1.55. The summed E-state index contributed by atoms with van der Waals surface area (Å²) in [6, 6.07) is 12.6. The van der Waals surface area contributed by atoms with Crippen molar-refractivity contribution in [1.82, 2.24) is 15.2 Å². The van der Waals surface area contributed by atoms with E-state index in [1.165, 1.54) is 28.8 Å². The van der Waals surface area contributed by atoms with E-state index in [2.05, 4.69) is 22.2 Å². The Morgan fingerprint density at radius 2 is 1.97 bits per heavy atom. The lowest BCUT2D eigenvalue weighted by atomic mass is 10.2. The Morgan fingerprint density at radius 1 is 1.21 bits per heavy atom. The Morgan fingerprint density at radius 3 is 2.74 bits per heavy atom. The predicted octanol–water partition coefficient (Wildman–Crippen LogP) is 5.50. The van der Waals surface area contributed by atoms with Crippen LogP contribution >= 0.6 is 11.8 Å². The monoisotopic (exact) mass is 486 g/mol. The van der Waals surface area contributed by atoms with Crippen molar-refractivity contribution in [3.8, 4) is 0 Å². The molecular formula is C24H24F2N4O3S. The van der Waals surface area contributed by atoms with Crippen LogP contribution in [0.2, 0.25) is 0 Å². The van der Waals surface area contributed by atoms with Gasteiger partial charge in [-0.1, -0.05) is 54.2 Å². The molecule has 1 aromatic heterocycles. The van der Waals surface area contributed by atoms with Crippen molar-refractivity contribution in [2.75, 3.05) is 18.3 Å². The fourth-order valence-corrected chi connectivity index (χ4v) is 3.97. The lowest BCUT2D eigenvalue weighted by Gasteiger charge is -2.27. The van der Waals surface area contributed by atoms with E-state index in [1.54, 1.807) is 25.4 Å². The molecule has 0 fully saturated rings. The van der Waals surface area contributed by atoms with E-state index in [4.69, 9.17) is 4.74 Å². The molecule has 1 atom stereocenters. The molecule has 0 aliphatic heterocycles. The Labute approximate surface area is 200 Å². The molecule has 2 N–H and O–H groups in total. The highest BCUT2D eigenvalue weighted by Gasteiger charge is 2.20. The number of pyridine rings is 1. The number of thioether (sulfide) groups is 1. The number of hydrogen-bond donors (Lipinski definition) is 2. The van der Waals surface area contributed by atoms with Crippen LogP contribution in [0.1, 0.15) is 12.0 Å². The van der Waals surface area contributed by atoms with Gasteiger partial charge in [0.15, 0.2) is 11.6 Å². The van der Waals surface area contributed by atoms with Gasteiger partial charge in [0, 0.05) is 30.7 Å². The molecule has 34 heavy (non-hydrogen) atoms. The zero-order chi connectivity index (χ0) is 24.5. The quantitative estimate of drug-likeness (QED) is 0.308. The molecule has 0 saturated carbocycles. The van der Waals surface area contributed by atoms with Gasteiger partial charge in [0.25, 0.3) is 0 Å². The fraction of sp³-hybridized carbons (Fsp3) is 0.208. The third-order valence-corrected chi connectivity index (χ3v) is 6.04. The Kier molecular flexibility index (Phi) is 8.80. The van der Waals surface area contributed by atoms with Crippen LogP contribution in [0.4, 0.5) is 24.2 Å². The number of carbonyl (C=O) groups excluding carboxylic acids is 2. The first-order chi connectivity index (χ1) is 16.4. The van der Waals surface area contributed by atoms with Crippen molar-refractivity contribution in [2.24, 2.45) is 0 Å². The average molecular weight is 487 g/mol.